The fraction of sp³-hybridized carbons (Fsp3) is 0. The molecule has 0 aliphatic heterocycles. The third-order valence-corrected chi connectivity index (χ3v) is 8.56. The van der Waals surface area contributed by atoms with E-state index in [9.17, 15) is 0 Å². The maximum atomic E-state index is 4.75. The standard InChI is InChI=1S/C42H32N4S/c1-5-13-35(14-6-1)45(36-15-7-2-8-16-36)39-25-21-33(22-26-39)43-31-41-29-30-42(47-41)32-44-34-23-27-40(28-24-34)46(37-17-9-3-10-18-37)38-19-11-4-12-20-38/h1-32H. The average Bonchev–Trinajstić information content (AvgIpc) is 3.61. The van der Waals surface area contributed by atoms with Gasteiger partial charge in [-0.05, 0) is 109 Å². The normalized spacial score (nSPS) is 11.2. The molecule has 0 bridgehead atoms. The van der Waals surface area contributed by atoms with Crippen molar-refractivity contribution < 1.29 is 0 Å². The first kappa shape index (κ1) is 29.7. The Balaban J connectivity index is 1.03. The summed E-state index contributed by atoms with van der Waals surface area (Å²) in [7, 11) is 0. The lowest BCUT2D eigenvalue weighted by Gasteiger charge is -2.25. The van der Waals surface area contributed by atoms with E-state index >= 15 is 0 Å². The molecule has 0 spiro atoms. The zero-order valence-electron chi connectivity index (χ0n) is 25.7. The van der Waals surface area contributed by atoms with Gasteiger partial charge in [-0.2, -0.15) is 0 Å². The van der Waals surface area contributed by atoms with Gasteiger partial charge in [0.05, 0.1) is 11.4 Å². The van der Waals surface area contributed by atoms with Crippen LogP contribution in [0.4, 0.5) is 45.5 Å². The molecule has 5 heteroatoms. The lowest BCUT2D eigenvalue weighted by Crippen LogP contribution is -2.09. The SMILES string of the molecule is C(=Nc1ccc(N(c2ccccc2)c2ccccc2)cc1)c1ccc(C=Nc2ccc(N(c3ccccc3)c3ccccc3)cc2)s1. The van der Waals surface area contributed by atoms with Crippen molar-refractivity contribution >= 4 is 69.3 Å². The van der Waals surface area contributed by atoms with E-state index < -0.39 is 0 Å². The molecule has 0 saturated heterocycles. The molecule has 0 aliphatic carbocycles. The molecule has 226 valence electrons. The van der Waals surface area contributed by atoms with E-state index in [4.69, 9.17) is 9.98 Å². The van der Waals surface area contributed by atoms with Crippen molar-refractivity contribution in [3.05, 3.63) is 192 Å². The van der Waals surface area contributed by atoms with Crippen molar-refractivity contribution in [2.75, 3.05) is 9.80 Å². The Hall–Kier alpha value is -6.04. The van der Waals surface area contributed by atoms with Crippen molar-refractivity contribution in [2.24, 2.45) is 9.98 Å². The van der Waals surface area contributed by atoms with Crippen LogP contribution < -0.4 is 9.80 Å². The monoisotopic (exact) mass is 624 g/mol. The second kappa shape index (κ2) is 14.4. The van der Waals surface area contributed by atoms with Crippen LogP contribution in [0.15, 0.2) is 192 Å². The number of para-hydroxylation sites is 4. The van der Waals surface area contributed by atoms with Crippen LogP contribution in [0.25, 0.3) is 0 Å². The Morgan fingerprint density at radius 2 is 0.596 bits per heavy atom. The lowest BCUT2D eigenvalue weighted by atomic mass is 10.2. The zero-order chi connectivity index (χ0) is 31.7. The number of thiophene rings is 1. The maximum Gasteiger partial charge on any atom is 0.0631 e. The topological polar surface area (TPSA) is 31.2 Å². The van der Waals surface area contributed by atoms with Gasteiger partial charge in [0.2, 0.25) is 0 Å². The minimum absolute atomic E-state index is 0.901. The highest BCUT2D eigenvalue weighted by Crippen LogP contribution is 2.36. The van der Waals surface area contributed by atoms with Gasteiger partial charge in [-0.25, -0.2) is 0 Å². The number of aliphatic imine (C=N–C) groups is 2. The van der Waals surface area contributed by atoms with Gasteiger partial charge in [0, 0.05) is 56.3 Å². The van der Waals surface area contributed by atoms with E-state index in [1.165, 1.54) is 0 Å². The molecule has 0 radical (unpaired) electrons. The molecule has 0 amide bonds. The molecule has 0 unspecified atom stereocenters. The Kier molecular flexibility index (Phi) is 9.07. The Labute approximate surface area is 279 Å². The van der Waals surface area contributed by atoms with E-state index in [0.717, 1.165) is 55.3 Å². The van der Waals surface area contributed by atoms with Gasteiger partial charge in [0.1, 0.15) is 0 Å². The third-order valence-electron chi connectivity index (χ3n) is 7.60. The van der Waals surface area contributed by atoms with Crippen molar-refractivity contribution in [2.45, 2.75) is 0 Å². The van der Waals surface area contributed by atoms with Crippen molar-refractivity contribution in [3.8, 4) is 0 Å². The summed E-state index contributed by atoms with van der Waals surface area (Å²) >= 11 is 1.66. The minimum atomic E-state index is 0.901. The molecule has 47 heavy (non-hydrogen) atoms. The van der Waals surface area contributed by atoms with Gasteiger partial charge in [-0.15, -0.1) is 11.3 Å². The summed E-state index contributed by atoms with van der Waals surface area (Å²) in [6.07, 6.45) is 3.83. The number of rotatable bonds is 10. The summed E-state index contributed by atoms with van der Waals surface area (Å²) in [5.74, 6) is 0. The van der Waals surface area contributed by atoms with Gasteiger partial charge >= 0.3 is 0 Å². The van der Waals surface area contributed by atoms with Gasteiger partial charge in [0.25, 0.3) is 0 Å². The van der Waals surface area contributed by atoms with E-state index in [1.54, 1.807) is 11.3 Å². The highest BCUT2D eigenvalue weighted by molar-refractivity contribution is 7.15. The average molecular weight is 625 g/mol. The Bertz CT molecular complexity index is 1830. The van der Waals surface area contributed by atoms with Gasteiger partial charge in [0.15, 0.2) is 0 Å². The van der Waals surface area contributed by atoms with Crippen LogP contribution in [0, 0.1) is 0 Å². The molecule has 0 aliphatic rings. The van der Waals surface area contributed by atoms with E-state index in [1.807, 2.05) is 36.7 Å². The molecule has 7 rings (SSSR count). The Morgan fingerprint density at radius 1 is 0.319 bits per heavy atom. The van der Waals surface area contributed by atoms with Gasteiger partial charge < -0.3 is 9.80 Å². The first-order chi connectivity index (χ1) is 23.3. The predicted octanol–water partition coefficient (Wildman–Crippen LogP) is 12.2. The smallest absolute Gasteiger partial charge is 0.0631 e. The van der Waals surface area contributed by atoms with Crippen molar-refractivity contribution in [3.63, 3.8) is 0 Å². The van der Waals surface area contributed by atoms with E-state index in [2.05, 4.69) is 168 Å². The molecular formula is C42H32N4S. The molecular weight excluding hydrogens is 593 g/mol. The molecule has 7 aromatic rings. The van der Waals surface area contributed by atoms with Crippen molar-refractivity contribution in [1.29, 1.82) is 0 Å². The van der Waals surface area contributed by atoms with Crippen LogP contribution in [-0.2, 0) is 0 Å². The first-order valence-electron chi connectivity index (χ1n) is 15.5. The number of anilines is 6. The quantitative estimate of drug-likeness (QED) is 0.142. The molecule has 0 saturated carbocycles. The predicted molar refractivity (Wildman–Crippen MR) is 201 cm³/mol. The van der Waals surface area contributed by atoms with Crippen LogP contribution in [0.2, 0.25) is 0 Å². The second-order valence-electron chi connectivity index (χ2n) is 10.8. The van der Waals surface area contributed by atoms with Crippen LogP contribution in [-0.4, -0.2) is 12.4 Å². The van der Waals surface area contributed by atoms with Gasteiger partial charge in [-0.3, -0.25) is 9.98 Å². The molecule has 0 N–H and O–H groups in total. The van der Waals surface area contributed by atoms with Crippen LogP contribution in [0.5, 0.6) is 0 Å². The molecule has 1 aromatic heterocycles. The summed E-state index contributed by atoms with van der Waals surface area (Å²) in [4.78, 5) is 16.1. The van der Waals surface area contributed by atoms with Gasteiger partial charge in [-0.1, -0.05) is 72.8 Å². The molecule has 6 aromatic carbocycles. The largest absolute Gasteiger partial charge is 0.311 e. The highest BCUT2D eigenvalue weighted by Gasteiger charge is 2.12. The van der Waals surface area contributed by atoms with Crippen molar-refractivity contribution in [1.82, 2.24) is 0 Å². The van der Waals surface area contributed by atoms with E-state index in [0.29, 0.717) is 0 Å². The minimum Gasteiger partial charge on any atom is -0.311 e. The number of benzene rings is 6. The number of hydrogen-bond donors (Lipinski definition) is 0. The first-order valence-corrected chi connectivity index (χ1v) is 16.3. The van der Waals surface area contributed by atoms with Crippen LogP contribution >= 0.6 is 11.3 Å². The van der Waals surface area contributed by atoms with Crippen LogP contribution in [0.3, 0.4) is 0 Å². The summed E-state index contributed by atoms with van der Waals surface area (Å²) in [6, 6.07) is 62.5. The maximum absolute atomic E-state index is 4.75. The number of nitrogens with zero attached hydrogens (tertiary/aromatic N) is 4. The third kappa shape index (κ3) is 7.28. The summed E-state index contributed by atoms with van der Waals surface area (Å²) in [5, 5.41) is 0. The molecule has 0 atom stereocenters. The molecule has 0 fully saturated rings. The fourth-order valence-electron chi connectivity index (χ4n) is 5.36. The Morgan fingerprint density at radius 3 is 0.894 bits per heavy atom. The highest BCUT2D eigenvalue weighted by atomic mass is 32.1. The summed E-state index contributed by atoms with van der Waals surface area (Å²) in [5.41, 5.74) is 8.41. The fourth-order valence-corrected chi connectivity index (χ4v) is 6.12. The zero-order valence-corrected chi connectivity index (χ0v) is 26.5. The summed E-state index contributed by atoms with van der Waals surface area (Å²) in [6.45, 7) is 0. The second-order valence-corrected chi connectivity index (χ2v) is 11.9. The lowest BCUT2D eigenvalue weighted by molar-refractivity contribution is 1.28. The van der Waals surface area contributed by atoms with E-state index in [-0.39, 0.29) is 0 Å². The molecule has 1 heterocycles. The molecule has 4 nitrogen and oxygen atoms in total. The van der Waals surface area contributed by atoms with Crippen LogP contribution in [0.1, 0.15) is 9.75 Å². The number of hydrogen-bond acceptors (Lipinski definition) is 5. The summed E-state index contributed by atoms with van der Waals surface area (Å²) < 4.78 is 0.